The van der Waals surface area contributed by atoms with Crippen molar-refractivity contribution >= 4 is 40.8 Å². The Kier molecular flexibility index (Phi) is 7.92. The van der Waals surface area contributed by atoms with E-state index in [1.54, 1.807) is 23.1 Å². The molecule has 8 nitrogen and oxygen atoms in total. The van der Waals surface area contributed by atoms with Crippen molar-refractivity contribution < 1.29 is 14.4 Å². The highest BCUT2D eigenvalue weighted by Crippen LogP contribution is 2.26. The molecule has 32 heavy (non-hydrogen) atoms. The van der Waals surface area contributed by atoms with Gasteiger partial charge in [0.05, 0.1) is 27.8 Å². The molecular weight excluding hydrogens is 453 g/mol. The van der Waals surface area contributed by atoms with Crippen molar-refractivity contribution in [1.29, 1.82) is 0 Å². The first-order valence-corrected chi connectivity index (χ1v) is 11.3. The lowest BCUT2D eigenvalue weighted by molar-refractivity contribution is -0.134. The Balaban J connectivity index is 1.59. The fourth-order valence-electron chi connectivity index (χ4n) is 3.67. The molecule has 0 spiro atoms. The van der Waals surface area contributed by atoms with E-state index in [0.717, 1.165) is 0 Å². The number of nitrogens with one attached hydrogen (secondary N) is 2. The number of hydrogen-bond donors (Lipinski definition) is 3. The third-order valence-electron chi connectivity index (χ3n) is 5.68. The van der Waals surface area contributed by atoms with Crippen LogP contribution in [0.5, 0.6) is 0 Å². The van der Waals surface area contributed by atoms with E-state index in [-0.39, 0.29) is 57.3 Å². The van der Waals surface area contributed by atoms with Gasteiger partial charge in [-0.1, -0.05) is 43.1 Å². The van der Waals surface area contributed by atoms with Crippen molar-refractivity contribution in [3.05, 3.63) is 51.3 Å². The molecule has 1 aliphatic heterocycles. The van der Waals surface area contributed by atoms with Crippen LogP contribution in [0.25, 0.3) is 0 Å². The number of nitrogens with zero attached hydrogens (tertiary/aromatic N) is 2. The molecule has 2 aromatic rings. The van der Waals surface area contributed by atoms with Gasteiger partial charge in [0.25, 0.3) is 5.91 Å². The van der Waals surface area contributed by atoms with Crippen molar-refractivity contribution in [3.8, 4) is 0 Å². The summed E-state index contributed by atoms with van der Waals surface area (Å²) in [7, 11) is 0. The number of amides is 2. The monoisotopic (exact) mass is 479 g/mol. The predicted octanol–water partition coefficient (Wildman–Crippen LogP) is 2.85. The SMILES string of the molecule is CC(C)[C@H](N)C(=O)N1CCC(NC(=O)c2[nH]ncc2CC(=O)c2c(Cl)cccc2Cl)CC1. The first kappa shape index (κ1) is 24.2. The van der Waals surface area contributed by atoms with Gasteiger partial charge in [-0.15, -0.1) is 0 Å². The summed E-state index contributed by atoms with van der Waals surface area (Å²) in [4.78, 5) is 39.7. The van der Waals surface area contributed by atoms with Gasteiger partial charge < -0.3 is 16.0 Å². The van der Waals surface area contributed by atoms with Crippen LogP contribution in [-0.2, 0) is 11.2 Å². The highest BCUT2D eigenvalue weighted by molar-refractivity contribution is 6.39. The van der Waals surface area contributed by atoms with Gasteiger partial charge in [-0.25, -0.2) is 0 Å². The maximum atomic E-state index is 12.8. The van der Waals surface area contributed by atoms with Crippen LogP contribution in [0.15, 0.2) is 24.4 Å². The summed E-state index contributed by atoms with van der Waals surface area (Å²) in [5.74, 6) is -0.636. The van der Waals surface area contributed by atoms with Gasteiger partial charge in [0.2, 0.25) is 5.91 Å². The van der Waals surface area contributed by atoms with Crippen molar-refractivity contribution in [2.45, 2.75) is 45.2 Å². The van der Waals surface area contributed by atoms with Gasteiger partial charge in [0, 0.05) is 31.1 Å². The third kappa shape index (κ3) is 5.49. The number of piperidine rings is 1. The Morgan fingerprint density at radius 1 is 1.22 bits per heavy atom. The highest BCUT2D eigenvalue weighted by Gasteiger charge is 2.29. The van der Waals surface area contributed by atoms with E-state index in [1.807, 2.05) is 13.8 Å². The van der Waals surface area contributed by atoms with Gasteiger partial charge in [-0.2, -0.15) is 5.10 Å². The van der Waals surface area contributed by atoms with Crippen LogP contribution >= 0.6 is 23.2 Å². The molecular formula is C22H27Cl2N5O3. The summed E-state index contributed by atoms with van der Waals surface area (Å²) in [6.07, 6.45) is 2.63. The maximum Gasteiger partial charge on any atom is 0.269 e. The number of carbonyl (C=O) groups excluding carboxylic acids is 3. The zero-order valence-electron chi connectivity index (χ0n) is 18.0. The zero-order valence-corrected chi connectivity index (χ0v) is 19.5. The minimum absolute atomic E-state index is 0.0580. The number of carbonyl (C=O) groups is 3. The minimum Gasteiger partial charge on any atom is -0.348 e. The molecule has 10 heteroatoms. The lowest BCUT2D eigenvalue weighted by Gasteiger charge is -2.34. The van der Waals surface area contributed by atoms with Crippen LogP contribution in [0.2, 0.25) is 10.0 Å². The summed E-state index contributed by atoms with van der Waals surface area (Å²) in [6, 6.07) is 4.24. The molecule has 0 radical (unpaired) electrons. The lowest BCUT2D eigenvalue weighted by atomic mass is 10.00. The number of ketones is 1. The Bertz CT molecular complexity index is 979. The van der Waals surface area contributed by atoms with E-state index in [0.29, 0.717) is 31.5 Å². The molecule has 0 unspecified atom stereocenters. The summed E-state index contributed by atoms with van der Waals surface area (Å²) in [5.41, 5.74) is 6.87. The van der Waals surface area contributed by atoms with Gasteiger partial charge in [-0.3, -0.25) is 19.5 Å². The zero-order chi connectivity index (χ0) is 23.4. The Morgan fingerprint density at radius 2 is 1.84 bits per heavy atom. The van der Waals surface area contributed by atoms with Crippen LogP contribution < -0.4 is 11.1 Å². The first-order chi connectivity index (χ1) is 15.2. The fraction of sp³-hybridized carbons (Fsp3) is 0.455. The molecule has 1 aromatic carbocycles. The van der Waals surface area contributed by atoms with E-state index in [4.69, 9.17) is 28.9 Å². The number of rotatable bonds is 7. The number of Topliss-reactive ketones (excluding diaryl/α,β-unsaturated/α-hetero) is 1. The molecule has 1 aliphatic rings. The second-order valence-electron chi connectivity index (χ2n) is 8.31. The number of H-pyrrole nitrogens is 1. The number of halogens is 2. The van der Waals surface area contributed by atoms with E-state index in [2.05, 4.69) is 15.5 Å². The van der Waals surface area contributed by atoms with E-state index >= 15 is 0 Å². The molecule has 1 atom stereocenters. The van der Waals surface area contributed by atoms with Crippen molar-refractivity contribution in [3.63, 3.8) is 0 Å². The van der Waals surface area contributed by atoms with Gasteiger partial charge in [0.1, 0.15) is 5.69 Å². The summed E-state index contributed by atoms with van der Waals surface area (Å²) in [6.45, 7) is 4.90. The van der Waals surface area contributed by atoms with Crippen LogP contribution in [0, 0.1) is 5.92 Å². The average Bonchev–Trinajstić information content (AvgIpc) is 3.21. The van der Waals surface area contributed by atoms with Crippen molar-refractivity contribution in [2.24, 2.45) is 11.7 Å². The van der Waals surface area contributed by atoms with Crippen LogP contribution in [0.4, 0.5) is 0 Å². The van der Waals surface area contributed by atoms with E-state index < -0.39 is 6.04 Å². The van der Waals surface area contributed by atoms with E-state index in [1.165, 1.54) is 6.20 Å². The molecule has 1 saturated heterocycles. The highest BCUT2D eigenvalue weighted by atomic mass is 35.5. The second kappa shape index (κ2) is 10.5. The minimum atomic E-state index is -0.516. The van der Waals surface area contributed by atoms with Crippen LogP contribution in [0.1, 0.15) is 53.1 Å². The number of benzene rings is 1. The standard InChI is InChI=1S/C22H27Cl2N5O3/c1-12(2)19(25)22(32)29-8-6-14(7-9-29)27-21(31)20-13(11-26-28-20)10-17(30)18-15(23)4-3-5-16(18)24/h3-5,11-12,14,19H,6-10,25H2,1-2H3,(H,26,28)(H,27,31)/t19-/m0/s1. The fourth-order valence-corrected chi connectivity index (χ4v) is 4.27. The molecule has 0 bridgehead atoms. The molecule has 3 rings (SSSR count). The number of hydrogen-bond acceptors (Lipinski definition) is 5. The molecule has 1 aromatic heterocycles. The number of aromatic amines is 1. The molecule has 2 amide bonds. The summed E-state index contributed by atoms with van der Waals surface area (Å²) in [5, 5.41) is 10.1. The van der Waals surface area contributed by atoms with Crippen molar-refractivity contribution in [2.75, 3.05) is 13.1 Å². The molecule has 1 fully saturated rings. The smallest absolute Gasteiger partial charge is 0.269 e. The molecule has 0 saturated carbocycles. The predicted molar refractivity (Wildman–Crippen MR) is 123 cm³/mol. The largest absolute Gasteiger partial charge is 0.348 e. The van der Waals surface area contributed by atoms with Gasteiger partial charge in [0.15, 0.2) is 5.78 Å². The maximum absolute atomic E-state index is 12.8. The lowest BCUT2D eigenvalue weighted by Crippen LogP contribution is -2.52. The molecule has 2 heterocycles. The Hall–Kier alpha value is -2.42. The van der Waals surface area contributed by atoms with Crippen molar-refractivity contribution in [1.82, 2.24) is 20.4 Å². The Labute approximate surface area is 196 Å². The van der Waals surface area contributed by atoms with Crippen LogP contribution in [-0.4, -0.2) is 57.9 Å². The van der Waals surface area contributed by atoms with Crippen LogP contribution in [0.3, 0.4) is 0 Å². The second-order valence-corrected chi connectivity index (χ2v) is 9.12. The number of aromatic nitrogens is 2. The first-order valence-electron chi connectivity index (χ1n) is 10.5. The number of likely N-dealkylation sites (tertiary alicyclic amines) is 1. The average molecular weight is 480 g/mol. The Morgan fingerprint density at radius 3 is 2.44 bits per heavy atom. The molecule has 0 aliphatic carbocycles. The quantitative estimate of drug-likeness (QED) is 0.527. The normalized spacial score (nSPS) is 15.6. The topological polar surface area (TPSA) is 121 Å². The van der Waals surface area contributed by atoms with E-state index in [9.17, 15) is 14.4 Å². The molecule has 172 valence electrons. The number of nitrogens with two attached hydrogens (primary N) is 1. The summed E-state index contributed by atoms with van der Waals surface area (Å²) >= 11 is 12.2. The third-order valence-corrected chi connectivity index (χ3v) is 6.31. The summed E-state index contributed by atoms with van der Waals surface area (Å²) < 4.78 is 0. The van der Waals surface area contributed by atoms with Gasteiger partial charge in [-0.05, 0) is 30.9 Å². The van der Waals surface area contributed by atoms with Gasteiger partial charge >= 0.3 is 0 Å². The molecule has 4 N–H and O–H groups in total.